The van der Waals surface area contributed by atoms with E-state index in [0.29, 0.717) is 38.8 Å². The Kier molecular flexibility index (Phi) is 16.5. The lowest BCUT2D eigenvalue weighted by molar-refractivity contribution is 0.0487. The average Bonchev–Trinajstić information content (AvgIpc) is 2.64. The van der Waals surface area contributed by atoms with Crippen LogP contribution in [0.2, 0.25) is 0 Å². The molecule has 0 amide bonds. The predicted molar refractivity (Wildman–Crippen MR) is 116 cm³/mol. The van der Waals surface area contributed by atoms with Crippen LogP contribution in [0.25, 0.3) is 0 Å². The van der Waals surface area contributed by atoms with Crippen molar-refractivity contribution < 1.29 is 14.2 Å². The first-order valence-corrected chi connectivity index (χ1v) is 8.96. The van der Waals surface area contributed by atoms with Gasteiger partial charge in [0.1, 0.15) is 0 Å². The van der Waals surface area contributed by atoms with E-state index >= 15 is 0 Å². The first-order chi connectivity index (χ1) is 12.3. The van der Waals surface area contributed by atoms with Gasteiger partial charge in [0, 0.05) is 32.0 Å². The fraction of sp³-hybridized carbons (Fsp3) is 0.667. The SMILES string of the molecule is CCCCOCCOCCNC(=NCc1ccnc(OC)c1)NCC.I. The third-order valence-electron chi connectivity index (χ3n) is 3.33. The van der Waals surface area contributed by atoms with Crippen LogP contribution in [-0.4, -0.2) is 57.6 Å². The van der Waals surface area contributed by atoms with Gasteiger partial charge in [-0.25, -0.2) is 9.98 Å². The number of aromatic nitrogens is 1. The largest absolute Gasteiger partial charge is 0.481 e. The molecule has 0 bridgehead atoms. The second-order valence-corrected chi connectivity index (χ2v) is 5.41. The van der Waals surface area contributed by atoms with Crippen molar-refractivity contribution in [1.29, 1.82) is 0 Å². The van der Waals surface area contributed by atoms with E-state index in [-0.39, 0.29) is 24.0 Å². The molecule has 26 heavy (non-hydrogen) atoms. The molecular weight excluding hydrogens is 447 g/mol. The molecule has 0 unspecified atom stereocenters. The van der Waals surface area contributed by atoms with Crippen LogP contribution in [-0.2, 0) is 16.0 Å². The zero-order valence-electron chi connectivity index (χ0n) is 16.1. The van der Waals surface area contributed by atoms with Gasteiger partial charge in [0.15, 0.2) is 5.96 Å². The quantitative estimate of drug-likeness (QED) is 0.196. The van der Waals surface area contributed by atoms with Crippen molar-refractivity contribution in [3.05, 3.63) is 23.9 Å². The van der Waals surface area contributed by atoms with Crippen molar-refractivity contribution in [1.82, 2.24) is 15.6 Å². The zero-order valence-corrected chi connectivity index (χ0v) is 18.5. The number of hydrogen-bond donors (Lipinski definition) is 2. The molecule has 1 aromatic heterocycles. The van der Waals surface area contributed by atoms with Gasteiger partial charge in [-0.15, -0.1) is 24.0 Å². The Labute approximate surface area is 174 Å². The molecule has 0 atom stereocenters. The van der Waals surface area contributed by atoms with Gasteiger partial charge in [-0.2, -0.15) is 0 Å². The van der Waals surface area contributed by atoms with Crippen LogP contribution < -0.4 is 15.4 Å². The number of methoxy groups -OCH3 is 1. The average molecular weight is 480 g/mol. The first kappa shape index (κ1) is 24.9. The molecule has 2 N–H and O–H groups in total. The van der Waals surface area contributed by atoms with E-state index in [1.807, 2.05) is 19.1 Å². The third-order valence-corrected chi connectivity index (χ3v) is 3.33. The van der Waals surface area contributed by atoms with Crippen molar-refractivity contribution in [2.45, 2.75) is 33.2 Å². The van der Waals surface area contributed by atoms with Gasteiger partial charge in [0.2, 0.25) is 5.88 Å². The predicted octanol–water partition coefficient (Wildman–Crippen LogP) is 2.60. The number of rotatable bonds is 13. The molecule has 0 aliphatic carbocycles. The number of halogens is 1. The standard InChI is InChI=1S/C18H32N4O3.HI/c1-4-6-10-24-12-13-25-11-9-21-18(19-5-2)22-15-16-7-8-20-17(14-16)23-3;/h7-8,14H,4-6,9-13,15H2,1-3H3,(H2,19,21,22);1H. The highest BCUT2D eigenvalue weighted by atomic mass is 127. The van der Waals surface area contributed by atoms with E-state index in [2.05, 4.69) is 27.5 Å². The van der Waals surface area contributed by atoms with Crippen molar-refractivity contribution in [2.75, 3.05) is 46.6 Å². The molecule has 0 saturated carbocycles. The van der Waals surface area contributed by atoms with Crippen LogP contribution in [0, 0.1) is 0 Å². The summed E-state index contributed by atoms with van der Waals surface area (Å²) in [5, 5.41) is 6.48. The molecule has 150 valence electrons. The minimum atomic E-state index is 0. The maximum atomic E-state index is 5.54. The van der Waals surface area contributed by atoms with E-state index in [1.54, 1.807) is 13.3 Å². The number of aliphatic imine (C=N–C) groups is 1. The van der Waals surface area contributed by atoms with Gasteiger partial charge >= 0.3 is 0 Å². The summed E-state index contributed by atoms with van der Waals surface area (Å²) in [5.41, 5.74) is 1.05. The molecule has 0 spiro atoms. The van der Waals surface area contributed by atoms with Gasteiger partial charge in [-0.05, 0) is 25.0 Å². The number of pyridine rings is 1. The van der Waals surface area contributed by atoms with Crippen LogP contribution in [0.5, 0.6) is 5.88 Å². The summed E-state index contributed by atoms with van der Waals surface area (Å²) >= 11 is 0. The lowest BCUT2D eigenvalue weighted by atomic mass is 10.3. The number of hydrogen-bond acceptors (Lipinski definition) is 5. The van der Waals surface area contributed by atoms with Crippen molar-refractivity contribution in [3.63, 3.8) is 0 Å². The summed E-state index contributed by atoms with van der Waals surface area (Å²) in [6.07, 6.45) is 3.98. The number of nitrogens with one attached hydrogen (secondary N) is 2. The molecule has 0 fully saturated rings. The highest BCUT2D eigenvalue weighted by Gasteiger charge is 1.99. The smallest absolute Gasteiger partial charge is 0.213 e. The van der Waals surface area contributed by atoms with Gasteiger partial charge in [0.25, 0.3) is 0 Å². The molecule has 0 aliphatic rings. The van der Waals surface area contributed by atoms with E-state index in [9.17, 15) is 0 Å². The highest BCUT2D eigenvalue weighted by Crippen LogP contribution is 2.09. The molecular formula is C18H33IN4O3. The maximum Gasteiger partial charge on any atom is 0.213 e. The van der Waals surface area contributed by atoms with Gasteiger partial charge in [0.05, 0.1) is 33.5 Å². The summed E-state index contributed by atoms with van der Waals surface area (Å²) in [6, 6.07) is 3.81. The maximum absolute atomic E-state index is 5.54. The summed E-state index contributed by atoms with van der Waals surface area (Å²) in [7, 11) is 1.61. The second-order valence-electron chi connectivity index (χ2n) is 5.41. The Morgan fingerprint density at radius 3 is 2.58 bits per heavy atom. The van der Waals surface area contributed by atoms with Crippen LogP contribution in [0.15, 0.2) is 23.3 Å². The van der Waals surface area contributed by atoms with E-state index < -0.39 is 0 Å². The van der Waals surface area contributed by atoms with Gasteiger partial charge in [-0.1, -0.05) is 13.3 Å². The van der Waals surface area contributed by atoms with E-state index in [1.165, 1.54) is 0 Å². The minimum Gasteiger partial charge on any atom is -0.481 e. The molecule has 0 saturated heterocycles. The molecule has 1 heterocycles. The summed E-state index contributed by atoms with van der Waals surface area (Å²) in [6.45, 7) is 8.95. The monoisotopic (exact) mass is 480 g/mol. The Balaban J connectivity index is 0.00000625. The molecule has 0 aliphatic heterocycles. The number of guanidine groups is 1. The van der Waals surface area contributed by atoms with Crippen LogP contribution in [0.4, 0.5) is 0 Å². The summed E-state index contributed by atoms with van der Waals surface area (Å²) in [5.74, 6) is 1.36. The van der Waals surface area contributed by atoms with Crippen LogP contribution in [0.1, 0.15) is 32.3 Å². The fourth-order valence-corrected chi connectivity index (χ4v) is 1.98. The molecule has 0 aromatic carbocycles. The first-order valence-electron chi connectivity index (χ1n) is 8.96. The van der Waals surface area contributed by atoms with Crippen LogP contribution in [0.3, 0.4) is 0 Å². The van der Waals surface area contributed by atoms with Gasteiger partial charge in [-0.3, -0.25) is 0 Å². The lowest BCUT2D eigenvalue weighted by Gasteiger charge is -2.12. The Bertz CT molecular complexity index is 489. The number of nitrogens with zero attached hydrogens (tertiary/aromatic N) is 2. The van der Waals surface area contributed by atoms with Gasteiger partial charge < -0.3 is 24.8 Å². The summed E-state index contributed by atoms with van der Waals surface area (Å²) in [4.78, 5) is 8.65. The highest BCUT2D eigenvalue weighted by molar-refractivity contribution is 14.0. The van der Waals surface area contributed by atoms with Crippen molar-refractivity contribution in [3.8, 4) is 5.88 Å². The zero-order chi connectivity index (χ0) is 18.2. The second kappa shape index (κ2) is 17.3. The van der Waals surface area contributed by atoms with Crippen molar-refractivity contribution in [2.24, 2.45) is 4.99 Å². The molecule has 8 heteroatoms. The fourth-order valence-electron chi connectivity index (χ4n) is 1.98. The van der Waals surface area contributed by atoms with E-state index in [0.717, 1.165) is 37.5 Å². The Morgan fingerprint density at radius 2 is 1.88 bits per heavy atom. The molecule has 1 rings (SSSR count). The third kappa shape index (κ3) is 12.3. The lowest BCUT2D eigenvalue weighted by Crippen LogP contribution is -2.39. The van der Waals surface area contributed by atoms with Crippen LogP contribution >= 0.6 is 24.0 Å². The number of unbranched alkanes of at least 4 members (excludes halogenated alkanes) is 1. The molecule has 1 aromatic rings. The summed E-state index contributed by atoms with van der Waals surface area (Å²) < 4.78 is 16.1. The normalized spacial score (nSPS) is 11.0. The molecule has 0 radical (unpaired) electrons. The minimum absolute atomic E-state index is 0. The Hall–Kier alpha value is -1.13. The van der Waals surface area contributed by atoms with Crippen molar-refractivity contribution >= 4 is 29.9 Å². The topological polar surface area (TPSA) is 77.0 Å². The number of ether oxygens (including phenoxy) is 3. The Morgan fingerprint density at radius 1 is 1.12 bits per heavy atom. The van der Waals surface area contributed by atoms with E-state index in [4.69, 9.17) is 14.2 Å². The molecule has 7 nitrogen and oxygen atoms in total.